The number of aromatic nitrogens is 2. The third-order valence-corrected chi connectivity index (χ3v) is 7.86. The van der Waals surface area contributed by atoms with Gasteiger partial charge in [-0.25, -0.2) is 4.39 Å². The van der Waals surface area contributed by atoms with Crippen molar-refractivity contribution in [1.82, 2.24) is 20.2 Å². The van der Waals surface area contributed by atoms with E-state index < -0.39 is 12.7 Å². The Kier molecular flexibility index (Phi) is 5.86. The minimum Gasteiger partial charge on any atom is -0.490 e. The first kappa shape index (κ1) is 24.7. The first-order chi connectivity index (χ1) is 18.2. The summed E-state index contributed by atoms with van der Waals surface area (Å²) < 4.78 is 59.0. The number of ether oxygens (including phenoxy) is 1. The Bertz CT molecular complexity index is 1400. The number of likely N-dealkylation sites (tertiary alicyclic amines) is 1. The molecule has 11 heteroatoms. The van der Waals surface area contributed by atoms with E-state index in [0.29, 0.717) is 59.0 Å². The van der Waals surface area contributed by atoms with Gasteiger partial charge < -0.3 is 20.4 Å². The quantitative estimate of drug-likeness (QED) is 0.373. The minimum atomic E-state index is -4.27. The molecule has 1 amide bonds. The lowest BCUT2D eigenvalue weighted by Crippen LogP contribution is -2.54. The Hall–Kier alpha value is -3.60. The molecule has 1 saturated heterocycles. The van der Waals surface area contributed by atoms with Crippen molar-refractivity contribution >= 4 is 17.3 Å². The van der Waals surface area contributed by atoms with Gasteiger partial charge in [-0.2, -0.15) is 13.2 Å². The maximum Gasteiger partial charge on any atom is 0.401 e. The van der Waals surface area contributed by atoms with Crippen molar-refractivity contribution in [3.63, 3.8) is 0 Å². The van der Waals surface area contributed by atoms with Gasteiger partial charge in [0.15, 0.2) is 0 Å². The average Bonchev–Trinajstić information content (AvgIpc) is 3.55. The lowest BCUT2D eigenvalue weighted by Gasteiger charge is -2.40. The van der Waals surface area contributed by atoms with Crippen LogP contribution in [0.4, 0.5) is 28.9 Å². The summed E-state index contributed by atoms with van der Waals surface area (Å²) in [5, 5.41) is 6.28. The normalized spacial score (nSPS) is 20.0. The molecule has 0 unspecified atom stereocenters. The highest BCUT2D eigenvalue weighted by Crippen LogP contribution is 2.54. The van der Waals surface area contributed by atoms with Crippen LogP contribution in [0, 0.1) is 12.7 Å². The summed E-state index contributed by atoms with van der Waals surface area (Å²) in [6.45, 7) is 1.67. The molecule has 7 nitrogen and oxygen atoms in total. The highest BCUT2D eigenvalue weighted by molar-refractivity contribution is 6.07. The molecule has 38 heavy (non-hydrogen) atoms. The first-order valence-corrected chi connectivity index (χ1v) is 12.6. The SMILES string of the molecule is Cc1c(F)cccc1Nc1c(-c2ccncc2OC[C@@H]2CCN2CC(F)(F)F)[nH]c2c1C(=O)NCC21CC1. The zero-order chi connectivity index (χ0) is 26.7. The van der Waals surface area contributed by atoms with E-state index in [1.54, 1.807) is 31.3 Å². The monoisotopic (exact) mass is 529 g/mol. The summed E-state index contributed by atoms with van der Waals surface area (Å²) in [6.07, 6.45) is 1.30. The fourth-order valence-corrected chi connectivity index (χ4v) is 5.34. The van der Waals surface area contributed by atoms with Gasteiger partial charge in [0.05, 0.1) is 29.7 Å². The molecule has 3 aromatic rings. The van der Waals surface area contributed by atoms with Crippen molar-refractivity contribution in [3.05, 3.63) is 59.3 Å². The maximum absolute atomic E-state index is 14.4. The number of halogens is 4. The number of alkyl halides is 3. The van der Waals surface area contributed by atoms with Crippen molar-refractivity contribution in [2.45, 2.75) is 43.8 Å². The minimum absolute atomic E-state index is 0.0748. The van der Waals surface area contributed by atoms with Crippen molar-refractivity contribution in [3.8, 4) is 17.0 Å². The Labute approximate surface area is 216 Å². The molecule has 6 rings (SSSR count). The van der Waals surface area contributed by atoms with Gasteiger partial charge in [0, 0.05) is 53.3 Å². The molecule has 4 heterocycles. The van der Waals surface area contributed by atoms with Crippen LogP contribution in [0.15, 0.2) is 36.7 Å². The summed E-state index contributed by atoms with van der Waals surface area (Å²) in [5.41, 5.74) is 3.74. The largest absolute Gasteiger partial charge is 0.490 e. The van der Waals surface area contributed by atoms with Gasteiger partial charge in [-0.05, 0) is 44.4 Å². The van der Waals surface area contributed by atoms with Crippen molar-refractivity contribution < 1.29 is 27.1 Å². The molecule has 1 aliphatic carbocycles. The molecule has 200 valence electrons. The van der Waals surface area contributed by atoms with Crippen LogP contribution in [-0.2, 0) is 5.41 Å². The van der Waals surface area contributed by atoms with Crippen LogP contribution in [0.2, 0.25) is 0 Å². The van der Waals surface area contributed by atoms with E-state index in [9.17, 15) is 22.4 Å². The van der Waals surface area contributed by atoms with E-state index in [1.807, 2.05) is 0 Å². The standard InChI is InChI=1S/C27H27F4N5O2/c1-15-18(28)3-2-4-19(15)34-23-21-24(26(7-8-26)13-33-25(21)37)35-22(23)17-5-9-32-11-20(17)38-12-16-6-10-36(16)14-27(29,30)31/h2-5,9,11,16,34-35H,6-8,10,12-14H2,1H3,(H,33,37)/t16-/m0/s1. The zero-order valence-electron chi connectivity index (χ0n) is 20.7. The van der Waals surface area contributed by atoms with E-state index in [0.717, 1.165) is 18.5 Å². The van der Waals surface area contributed by atoms with Gasteiger partial charge in [-0.15, -0.1) is 0 Å². The predicted octanol–water partition coefficient (Wildman–Crippen LogP) is 5.06. The number of H-pyrrole nitrogens is 1. The lowest BCUT2D eigenvalue weighted by atomic mass is 9.93. The second-order valence-corrected chi connectivity index (χ2v) is 10.3. The fourth-order valence-electron chi connectivity index (χ4n) is 5.34. The number of nitrogens with one attached hydrogen (secondary N) is 3. The van der Waals surface area contributed by atoms with Crippen LogP contribution in [0.3, 0.4) is 0 Å². The highest BCUT2D eigenvalue weighted by atomic mass is 19.4. The smallest absolute Gasteiger partial charge is 0.401 e. The number of fused-ring (bicyclic) bond motifs is 2. The number of benzene rings is 1. The van der Waals surface area contributed by atoms with Crippen molar-refractivity contribution in [2.24, 2.45) is 0 Å². The van der Waals surface area contributed by atoms with Gasteiger partial charge in [0.1, 0.15) is 18.2 Å². The molecule has 0 radical (unpaired) electrons. The third kappa shape index (κ3) is 4.38. The van der Waals surface area contributed by atoms with Gasteiger partial charge in [0.25, 0.3) is 5.91 Å². The number of pyridine rings is 1. The number of hydrogen-bond donors (Lipinski definition) is 3. The summed E-state index contributed by atoms with van der Waals surface area (Å²) in [4.78, 5) is 22.1. The molecule has 2 fully saturated rings. The molecular weight excluding hydrogens is 502 g/mol. The number of hydrogen-bond acceptors (Lipinski definition) is 5. The molecule has 2 aliphatic heterocycles. The predicted molar refractivity (Wildman–Crippen MR) is 133 cm³/mol. The first-order valence-electron chi connectivity index (χ1n) is 12.6. The van der Waals surface area contributed by atoms with E-state index in [1.165, 1.54) is 17.2 Å². The van der Waals surface area contributed by atoms with Crippen molar-refractivity contribution in [1.29, 1.82) is 0 Å². The van der Waals surface area contributed by atoms with Crippen LogP contribution >= 0.6 is 0 Å². The molecule has 0 bridgehead atoms. The summed E-state index contributed by atoms with van der Waals surface area (Å²) in [6, 6.07) is 6.09. The highest BCUT2D eigenvalue weighted by Gasteiger charge is 2.51. The topological polar surface area (TPSA) is 82.3 Å². The fraction of sp³-hybridized carbons (Fsp3) is 0.407. The summed E-state index contributed by atoms with van der Waals surface area (Å²) in [7, 11) is 0. The lowest BCUT2D eigenvalue weighted by molar-refractivity contribution is -0.163. The summed E-state index contributed by atoms with van der Waals surface area (Å²) >= 11 is 0. The Balaban J connectivity index is 1.37. The average molecular weight is 530 g/mol. The van der Waals surface area contributed by atoms with Crippen LogP contribution in [0.5, 0.6) is 5.75 Å². The van der Waals surface area contributed by atoms with Gasteiger partial charge in [0.2, 0.25) is 0 Å². The molecule has 1 saturated carbocycles. The van der Waals surface area contributed by atoms with Crippen LogP contribution in [0.25, 0.3) is 11.3 Å². The second kappa shape index (κ2) is 9.00. The number of anilines is 2. The van der Waals surface area contributed by atoms with Gasteiger partial charge in [-0.1, -0.05) is 6.07 Å². The Morgan fingerprint density at radius 1 is 1.26 bits per heavy atom. The summed E-state index contributed by atoms with van der Waals surface area (Å²) in [5.74, 6) is -0.222. The Morgan fingerprint density at radius 3 is 2.79 bits per heavy atom. The molecule has 1 atom stereocenters. The molecule has 3 aliphatic rings. The molecule has 1 aromatic carbocycles. The van der Waals surface area contributed by atoms with Gasteiger partial charge >= 0.3 is 6.18 Å². The van der Waals surface area contributed by atoms with E-state index in [2.05, 4.69) is 20.6 Å². The van der Waals surface area contributed by atoms with Crippen molar-refractivity contribution in [2.75, 3.05) is 31.6 Å². The zero-order valence-corrected chi connectivity index (χ0v) is 20.7. The number of amides is 1. The number of rotatable bonds is 7. The van der Waals surface area contributed by atoms with Crippen LogP contribution in [-0.4, -0.2) is 59.2 Å². The molecule has 3 N–H and O–H groups in total. The number of carbonyl (C=O) groups is 1. The molecule has 2 aromatic heterocycles. The number of carbonyl (C=O) groups excluding carboxylic acids is 1. The van der Waals surface area contributed by atoms with E-state index >= 15 is 0 Å². The number of nitrogens with zero attached hydrogens (tertiary/aromatic N) is 2. The van der Waals surface area contributed by atoms with E-state index in [4.69, 9.17) is 4.74 Å². The van der Waals surface area contributed by atoms with E-state index in [-0.39, 0.29) is 29.8 Å². The molecule has 1 spiro atoms. The van der Waals surface area contributed by atoms with Gasteiger partial charge in [-0.3, -0.25) is 14.7 Å². The van der Waals surface area contributed by atoms with Crippen LogP contribution in [0.1, 0.15) is 40.9 Å². The maximum atomic E-state index is 14.4. The molecular formula is C27H27F4N5O2. The number of aromatic amines is 1. The Morgan fingerprint density at radius 2 is 2.08 bits per heavy atom. The second-order valence-electron chi connectivity index (χ2n) is 10.3. The van der Waals surface area contributed by atoms with Crippen LogP contribution < -0.4 is 15.4 Å². The third-order valence-electron chi connectivity index (χ3n) is 7.86.